The van der Waals surface area contributed by atoms with Gasteiger partial charge in [-0.2, -0.15) is 0 Å². The number of aliphatic hydroxyl groups excluding tert-OH is 2. The number of nitrogens with zero attached hydrogens (tertiary/aromatic N) is 2. The number of carbonyl (C=O) groups is 1. The molecule has 2 aromatic carbocycles. The molecule has 0 spiro atoms. The number of rotatable bonds is 6. The van der Waals surface area contributed by atoms with Crippen molar-refractivity contribution in [2.24, 2.45) is 5.73 Å². The van der Waals surface area contributed by atoms with Crippen molar-refractivity contribution in [2.75, 3.05) is 6.61 Å². The van der Waals surface area contributed by atoms with Crippen molar-refractivity contribution >= 4 is 16.8 Å². The van der Waals surface area contributed by atoms with Crippen LogP contribution >= 0.6 is 0 Å². The van der Waals surface area contributed by atoms with Crippen LogP contribution in [-0.2, 0) is 6.54 Å². The van der Waals surface area contributed by atoms with Crippen LogP contribution in [0.1, 0.15) is 33.3 Å². The number of fused-ring (bicyclic) bond motifs is 1. The molecule has 152 valence electrons. The molecule has 0 radical (unpaired) electrons. The maximum Gasteiger partial charge on any atom is 0.267 e. The molecule has 30 heavy (non-hydrogen) atoms. The molecule has 1 atom stereocenters. The molecule has 4 aromatic rings. The second-order valence-electron chi connectivity index (χ2n) is 7.44. The topological polar surface area (TPSA) is 101 Å². The highest BCUT2D eigenvalue weighted by molar-refractivity contribution is 5.92. The fourth-order valence-electron chi connectivity index (χ4n) is 3.51. The van der Waals surface area contributed by atoms with E-state index in [2.05, 4.69) is 40.7 Å². The van der Waals surface area contributed by atoms with E-state index in [1.165, 1.54) is 17.2 Å². The number of aryl methyl sites for hydroxylation is 1. The number of pyridine rings is 1. The molecule has 0 fully saturated rings. The number of aliphatic hydroxyl groups is 2. The van der Waals surface area contributed by atoms with Crippen molar-refractivity contribution in [3.05, 3.63) is 89.2 Å². The predicted octanol–water partition coefficient (Wildman–Crippen LogP) is 3.18. The Balaban J connectivity index is 1.71. The second-order valence-corrected chi connectivity index (χ2v) is 7.44. The van der Waals surface area contributed by atoms with Crippen molar-refractivity contribution in [3.63, 3.8) is 0 Å². The fourth-order valence-corrected chi connectivity index (χ4v) is 3.51. The monoisotopic (exact) mass is 401 g/mol. The van der Waals surface area contributed by atoms with Crippen LogP contribution in [0.4, 0.5) is 0 Å². The van der Waals surface area contributed by atoms with Gasteiger partial charge in [0.15, 0.2) is 0 Å². The minimum atomic E-state index is -1.11. The molecular weight excluding hydrogens is 378 g/mol. The molecule has 0 saturated heterocycles. The number of amides is 1. The number of aromatic nitrogens is 2. The van der Waals surface area contributed by atoms with Crippen LogP contribution < -0.4 is 5.73 Å². The van der Waals surface area contributed by atoms with Crippen LogP contribution in [0, 0.1) is 6.92 Å². The van der Waals surface area contributed by atoms with Gasteiger partial charge in [-0.1, -0.05) is 35.9 Å². The van der Waals surface area contributed by atoms with Gasteiger partial charge < -0.3 is 20.5 Å². The van der Waals surface area contributed by atoms with E-state index in [1.807, 2.05) is 30.5 Å². The molecule has 0 aliphatic rings. The molecule has 0 aliphatic carbocycles. The first-order valence-corrected chi connectivity index (χ1v) is 9.70. The van der Waals surface area contributed by atoms with Crippen LogP contribution in [-0.4, -0.2) is 32.3 Å². The van der Waals surface area contributed by atoms with Gasteiger partial charge in [0.05, 0.1) is 12.3 Å². The molecule has 6 nitrogen and oxygen atoms in total. The molecular formula is C24H23N3O3. The summed E-state index contributed by atoms with van der Waals surface area (Å²) in [5.74, 6) is -0.687. The van der Waals surface area contributed by atoms with Crippen LogP contribution in [0.25, 0.3) is 22.2 Å². The van der Waals surface area contributed by atoms with Gasteiger partial charge in [-0.05, 0) is 48.4 Å². The third-order valence-electron chi connectivity index (χ3n) is 5.20. The van der Waals surface area contributed by atoms with Crippen LogP contribution in [0.3, 0.4) is 0 Å². The number of hydrogen-bond acceptors (Lipinski definition) is 4. The van der Waals surface area contributed by atoms with Crippen LogP contribution in [0.15, 0.2) is 66.9 Å². The first-order valence-electron chi connectivity index (χ1n) is 9.70. The number of nitrogens with two attached hydrogens (primary N) is 1. The molecule has 2 heterocycles. The molecule has 1 amide bonds. The molecule has 0 saturated carbocycles. The lowest BCUT2D eigenvalue weighted by Crippen LogP contribution is -2.15. The third-order valence-corrected chi connectivity index (χ3v) is 5.20. The standard InChI is InChI=1S/C24H23N3O3/c1-15-2-4-16(5-3-15)13-27-9-8-18-10-17(6-7-22(18)27)20-11-19(23(29)14-28)12-21(26-20)24(25)30/h2-12,23,28-29H,13-14H2,1H3,(H2,25,30)/t23-/m1/s1. The van der Waals surface area contributed by atoms with Gasteiger partial charge in [-0.15, -0.1) is 0 Å². The van der Waals surface area contributed by atoms with Gasteiger partial charge in [-0.3, -0.25) is 4.79 Å². The van der Waals surface area contributed by atoms with Crippen molar-refractivity contribution in [1.29, 1.82) is 0 Å². The van der Waals surface area contributed by atoms with E-state index < -0.39 is 18.6 Å². The molecule has 0 aliphatic heterocycles. The van der Waals surface area contributed by atoms with Gasteiger partial charge in [0.2, 0.25) is 0 Å². The maximum absolute atomic E-state index is 11.7. The molecule has 0 unspecified atom stereocenters. The Bertz CT molecular complexity index is 1210. The average Bonchev–Trinajstić information content (AvgIpc) is 3.16. The van der Waals surface area contributed by atoms with Crippen LogP contribution in [0.5, 0.6) is 0 Å². The Morgan fingerprint density at radius 3 is 2.57 bits per heavy atom. The van der Waals surface area contributed by atoms with Crippen molar-refractivity contribution < 1.29 is 15.0 Å². The minimum absolute atomic E-state index is 0.0482. The zero-order chi connectivity index (χ0) is 21.3. The van der Waals surface area contributed by atoms with E-state index >= 15 is 0 Å². The van der Waals surface area contributed by atoms with Crippen molar-refractivity contribution in [3.8, 4) is 11.3 Å². The number of hydrogen-bond donors (Lipinski definition) is 3. The van der Waals surface area contributed by atoms with Gasteiger partial charge >= 0.3 is 0 Å². The normalized spacial score (nSPS) is 12.2. The number of carbonyl (C=O) groups excluding carboxylic acids is 1. The average molecular weight is 401 g/mol. The fraction of sp³-hybridized carbons (Fsp3) is 0.167. The van der Waals surface area contributed by atoms with Crippen molar-refractivity contribution in [2.45, 2.75) is 19.6 Å². The first-order chi connectivity index (χ1) is 14.4. The number of primary amides is 1. The third kappa shape index (κ3) is 3.96. The number of benzene rings is 2. The molecule has 2 aromatic heterocycles. The van der Waals surface area contributed by atoms with E-state index in [4.69, 9.17) is 5.73 Å². The summed E-state index contributed by atoms with van der Waals surface area (Å²) in [6, 6.07) is 19.5. The Morgan fingerprint density at radius 1 is 1.10 bits per heavy atom. The largest absolute Gasteiger partial charge is 0.393 e. The molecule has 6 heteroatoms. The summed E-state index contributed by atoms with van der Waals surface area (Å²) in [6.07, 6.45) is 0.937. The summed E-state index contributed by atoms with van der Waals surface area (Å²) in [6.45, 7) is 2.39. The van der Waals surface area contributed by atoms with E-state index in [9.17, 15) is 15.0 Å². The highest BCUT2D eigenvalue weighted by Crippen LogP contribution is 2.27. The summed E-state index contributed by atoms with van der Waals surface area (Å²) in [5, 5.41) is 20.3. The quantitative estimate of drug-likeness (QED) is 0.462. The summed E-state index contributed by atoms with van der Waals surface area (Å²) in [7, 11) is 0. The van der Waals surface area contributed by atoms with E-state index in [0.29, 0.717) is 11.3 Å². The first kappa shape index (κ1) is 19.8. The summed E-state index contributed by atoms with van der Waals surface area (Å²) in [5.41, 5.74) is 10.7. The van der Waals surface area contributed by atoms with E-state index in [1.54, 1.807) is 6.07 Å². The van der Waals surface area contributed by atoms with Gasteiger partial charge in [-0.25, -0.2) is 4.98 Å². The maximum atomic E-state index is 11.7. The van der Waals surface area contributed by atoms with Gasteiger partial charge in [0.1, 0.15) is 11.8 Å². The summed E-state index contributed by atoms with van der Waals surface area (Å²) >= 11 is 0. The Morgan fingerprint density at radius 2 is 1.87 bits per heavy atom. The minimum Gasteiger partial charge on any atom is -0.393 e. The van der Waals surface area contributed by atoms with Gasteiger partial charge in [0, 0.05) is 29.2 Å². The highest BCUT2D eigenvalue weighted by Gasteiger charge is 2.14. The van der Waals surface area contributed by atoms with Crippen molar-refractivity contribution in [1.82, 2.24) is 9.55 Å². The van der Waals surface area contributed by atoms with E-state index in [-0.39, 0.29) is 5.69 Å². The lowest BCUT2D eigenvalue weighted by molar-refractivity contribution is 0.0948. The lowest BCUT2D eigenvalue weighted by Gasteiger charge is -2.12. The Labute approximate surface area is 174 Å². The highest BCUT2D eigenvalue weighted by atomic mass is 16.3. The zero-order valence-electron chi connectivity index (χ0n) is 16.6. The lowest BCUT2D eigenvalue weighted by atomic mass is 10.0. The predicted molar refractivity (Wildman–Crippen MR) is 116 cm³/mol. The smallest absolute Gasteiger partial charge is 0.267 e. The molecule has 0 bridgehead atoms. The molecule has 4 rings (SSSR count). The van der Waals surface area contributed by atoms with Crippen LogP contribution in [0.2, 0.25) is 0 Å². The Hall–Kier alpha value is -3.48. The summed E-state index contributed by atoms with van der Waals surface area (Å²) < 4.78 is 2.18. The SMILES string of the molecule is Cc1ccc(Cn2ccc3cc(-c4cc([C@H](O)CO)cc(C(N)=O)n4)ccc32)cc1. The zero-order valence-corrected chi connectivity index (χ0v) is 16.6. The summed E-state index contributed by atoms with van der Waals surface area (Å²) in [4.78, 5) is 16.0. The second kappa shape index (κ2) is 8.10. The molecule has 4 N–H and O–H groups in total. The van der Waals surface area contributed by atoms with Gasteiger partial charge in [0.25, 0.3) is 5.91 Å². The van der Waals surface area contributed by atoms with E-state index in [0.717, 1.165) is 23.0 Å². The Kier molecular flexibility index (Phi) is 5.35.